The van der Waals surface area contributed by atoms with E-state index in [1.165, 1.54) is 4.90 Å². The monoisotopic (exact) mass is 513 g/mol. The number of hydrogen-bond acceptors (Lipinski definition) is 7. The van der Waals surface area contributed by atoms with Crippen molar-refractivity contribution in [2.75, 3.05) is 19.8 Å². The minimum absolute atomic E-state index is 0.0393. The van der Waals surface area contributed by atoms with Crippen LogP contribution in [0.3, 0.4) is 0 Å². The lowest BCUT2D eigenvalue weighted by Crippen LogP contribution is -2.64. The Bertz CT molecular complexity index is 1510. The minimum Gasteiger partial charge on any atom is -0.465 e. The van der Waals surface area contributed by atoms with Gasteiger partial charge in [-0.25, -0.2) is 9.59 Å². The van der Waals surface area contributed by atoms with E-state index in [9.17, 15) is 19.2 Å². The van der Waals surface area contributed by atoms with Gasteiger partial charge in [0.05, 0.1) is 31.3 Å². The largest absolute Gasteiger partial charge is 0.465 e. The molecule has 0 fully saturated rings. The smallest absolute Gasteiger partial charge is 0.414 e. The van der Waals surface area contributed by atoms with Crippen molar-refractivity contribution in [3.63, 3.8) is 0 Å². The van der Waals surface area contributed by atoms with Gasteiger partial charge in [-0.15, -0.1) is 0 Å². The summed E-state index contributed by atoms with van der Waals surface area (Å²) in [5, 5.41) is 1.72. The number of ether oxygens (including phenoxy) is 3. The molecular formula is C30H27NO7. The van der Waals surface area contributed by atoms with Gasteiger partial charge in [-0.05, 0) is 48.2 Å². The summed E-state index contributed by atoms with van der Waals surface area (Å²) in [7, 11) is 0. The topological polar surface area (TPSA) is 99.2 Å². The molecule has 0 saturated heterocycles. The van der Waals surface area contributed by atoms with Gasteiger partial charge in [0.1, 0.15) is 5.57 Å². The molecule has 1 amide bonds. The molecule has 3 aliphatic carbocycles. The van der Waals surface area contributed by atoms with Gasteiger partial charge in [-0.3, -0.25) is 14.5 Å². The highest BCUT2D eigenvalue weighted by Crippen LogP contribution is 2.72. The Morgan fingerprint density at radius 2 is 1.61 bits per heavy atom. The van der Waals surface area contributed by atoms with Gasteiger partial charge in [0.15, 0.2) is 11.2 Å². The average molecular weight is 514 g/mol. The highest BCUT2D eigenvalue weighted by molar-refractivity contribution is 6.37. The zero-order valence-corrected chi connectivity index (χ0v) is 21.4. The molecule has 0 saturated carbocycles. The molecule has 8 heteroatoms. The third-order valence-corrected chi connectivity index (χ3v) is 8.20. The van der Waals surface area contributed by atoms with E-state index in [4.69, 9.17) is 14.2 Å². The Hall–Kier alpha value is -4.20. The number of esters is 2. The second-order valence-electron chi connectivity index (χ2n) is 9.65. The Morgan fingerprint density at radius 3 is 2.32 bits per heavy atom. The Kier molecular flexibility index (Phi) is 5.35. The predicted molar refractivity (Wildman–Crippen MR) is 138 cm³/mol. The van der Waals surface area contributed by atoms with Crippen LogP contribution in [0.15, 0.2) is 66.4 Å². The van der Waals surface area contributed by atoms with Gasteiger partial charge in [0.2, 0.25) is 0 Å². The third kappa shape index (κ3) is 2.60. The normalized spacial score (nSPS) is 27.9. The molecule has 4 atom stereocenters. The first-order chi connectivity index (χ1) is 18.4. The van der Waals surface area contributed by atoms with Gasteiger partial charge in [-0.1, -0.05) is 54.6 Å². The van der Waals surface area contributed by atoms with E-state index in [1.807, 2.05) is 42.5 Å². The highest BCUT2D eigenvalue weighted by atomic mass is 16.6. The van der Waals surface area contributed by atoms with Crippen LogP contribution in [0.25, 0.3) is 16.3 Å². The summed E-state index contributed by atoms with van der Waals surface area (Å²) < 4.78 is 16.5. The zero-order valence-electron chi connectivity index (χ0n) is 21.4. The molecule has 7 rings (SSSR count). The molecule has 0 aromatic heterocycles. The molecule has 5 aliphatic rings. The van der Waals surface area contributed by atoms with Gasteiger partial charge >= 0.3 is 18.0 Å². The number of ketones is 1. The molecule has 2 aromatic carbocycles. The van der Waals surface area contributed by atoms with Crippen molar-refractivity contribution in [1.29, 1.82) is 0 Å². The summed E-state index contributed by atoms with van der Waals surface area (Å²) in [5.41, 5.74) is -1.72. The van der Waals surface area contributed by atoms with Crippen LogP contribution < -0.4 is 0 Å². The third-order valence-electron chi connectivity index (χ3n) is 8.20. The molecule has 2 heterocycles. The molecule has 0 N–H and O–H groups in total. The van der Waals surface area contributed by atoms with Crippen molar-refractivity contribution in [2.45, 2.75) is 32.2 Å². The van der Waals surface area contributed by atoms with Crippen LogP contribution in [0.5, 0.6) is 0 Å². The first-order valence-corrected chi connectivity index (χ1v) is 12.9. The maximum absolute atomic E-state index is 14.7. The average Bonchev–Trinajstić information content (AvgIpc) is 3.14. The lowest BCUT2D eigenvalue weighted by Gasteiger charge is -2.51. The maximum atomic E-state index is 14.7. The Labute approximate surface area is 219 Å². The molecule has 0 unspecified atom stereocenters. The Balaban J connectivity index is 1.80. The number of carbonyl (C=O) groups excluding carboxylic acids is 4. The summed E-state index contributed by atoms with van der Waals surface area (Å²) >= 11 is 0. The molecule has 8 nitrogen and oxygen atoms in total. The number of allylic oxidation sites excluding steroid dienone is 2. The number of rotatable bonds is 5. The zero-order chi connectivity index (χ0) is 26.8. The van der Waals surface area contributed by atoms with Gasteiger partial charge in [0.25, 0.3) is 0 Å². The van der Waals surface area contributed by atoms with Crippen LogP contribution in [0.1, 0.15) is 31.9 Å². The number of fused-ring (bicyclic) bond motifs is 2. The van der Waals surface area contributed by atoms with E-state index in [0.717, 1.165) is 10.8 Å². The van der Waals surface area contributed by atoms with E-state index >= 15 is 0 Å². The van der Waals surface area contributed by atoms with Crippen LogP contribution in [0.4, 0.5) is 4.79 Å². The quantitative estimate of drug-likeness (QED) is 0.195. The van der Waals surface area contributed by atoms with Gasteiger partial charge in [0, 0.05) is 12.1 Å². The predicted octanol–water partition coefficient (Wildman–Crippen LogP) is 4.08. The van der Waals surface area contributed by atoms with Crippen LogP contribution in [0, 0.1) is 11.3 Å². The van der Waals surface area contributed by atoms with E-state index in [0.29, 0.717) is 16.7 Å². The molecule has 2 bridgehead atoms. The van der Waals surface area contributed by atoms with Crippen molar-refractivity contribution in [1.82, 2.24) is 4.90 Å². The van der Waals surface area contributed by atoms with E-state index in [2.05, 4.69) is 0 Å². The van der Waals surface area contributed by atoms with Gasteiger partial charge < -0.3 is 14.2 Å². The standard InChI is InChI=1S/C30H27NO7/c1-4-36-26(33)23-24-19-11-7-9-17-10-8-12-20(22(17)19)30(24)21-14-13-18(15-16-31(21)28(35)38-6-3)29(30,25(23)32)27(34)37-5-2/h7-16,18,21H,4-6H2,1-3H3/t18-,21-,29+,30-/m1/s1. The van der Waals surface area contributed by atoms with Gasteiger partial charge in [-0.2, -0.15) is 0 Å². The number of hydrogen-bond donors (Lipinski definition) is 0. The number of carbonyl (C=O) groups is 4. The molecule has 1 spiro atoms. The summed E-state index contributed by atoms with van der Waals surface area (Å²) in [6.45, 7) is 5.29. The van der Waals surface area contributed by atoms with E-state index in [-0.39, 0.29) is 25.4 Å². The van der Waals surface area contributed by atoms with Crippen LogP contribution >= 0.6 is 0 Å². The SMILES string of the molecule is CCOC(=O)C1=C2c3cccc4cccc(c34)[C@@]23[C@H]2C=C[C@H](C=CN2C(=O)OCC)[C@@]3(C(=O)OCC)C1=O. The summed E-state index contributed by atoms with van der Waals surface area (Å²) in [5.74, 6) is -2.97. The molecule has 2 aliphatic heterocycles. The lowest BCUT2D eigenvalue weighted by molar-refractivity contribution is -0.165. The highest BCUT2D eigenvalue weighted by Gasteiger charge is 2.79. The second kappa shape index (κ2) is 8.41. The molecular weight excluding hydrogens is 486 g/mol. The van der Waals surface area contributed by atoms with Crippen LogP contribution in [0.2, 0.25) is 0 Å². The van der Waals surface area contributed by atoms with Crippen LogP contribution in [-0.2, 0) is 34.0 Å². The molecule has 194 valence electrons. The van der Waals surface area contributed by atoms with Crippen molar-refractivity contribution in [2.24, 2.45) is 11.3 Å². The van der Waals surface area contributed by atoms with Crippen molar-refractivity contribution in [3.8, 4) is 0 Å². The molecule has 2 aromatic rings. The van der Waals surface area contributed by atoms with E-state index < -0.39 is 46.6 Å². The first kappa shape index (κ1) is 24.2. The fourth-order valence-electron chi connectivity index (χ4n) is 7.12. The maximum Gasteiger partial charge on any atom is 0.414 e. The molecule has 0 radical (unpaired) electrons. The molecule has 38 heavy (non-hydrogen) atoms. The number of benzene rings is 2. The summed E-state index contributed by atoms with van der Waals surface area (Å²) in [6.07, 6.45) is 6.22. The summed E-state index contributed by atoms with van der Waals surface area (Å²) in [4.78, 5) is 57.3. The Morgan fingerprint density at radius 1 is 0.895 bits per heavy atom. The van der Waals surface area contributed by atoms with E-state index in [1.54, 1.807) is 39.1 Å². The number of amides is 1. The fourth-order valence-corrected chi connectivity index (χ4v) is 7.12. The first-order valence-electron chi connectivity index (χ1n) is 12.9. The summed E-state index contributed by atoms with van der Waals surface area (Å²) in [6, 6.07) is 10.5. The number of Topliss-reactive ketones (excluding diaryl/α,β-unsaturated/α-hetero) is 1. The van der Waals surface area contributed by atoms with Crippen LogP contribution in [-0.4, -0.2) is 54.6 Å². The fraction of sp³-hybridized carbons (Fsp3) is 0.333. The lowest BCUT2D eigenvalue weighted by atomic mass is 9.50. The van der Waals surface area contributed by atoms with Crippen molar-refractivity contribution < 1.29 is 33.4 Å². The number of nitrogens with zero attached hydrogens (tertiary/aromatic N) is 1. The van der Waals surface area contributed by atoms with Crippen molar-refractivity contribution >= 4 is 40.2 Å². The van der Waals surface area contributed by atoms with Crippen molar-refractivity contribution in [3.05, 3.63) is 77.5 Å². The second-order valence-corrected chi connectivity index (χ2v) is 9.65. The minimum atomic E-state index is -1.87.